The predicted molar refractivity (Wildman–Crippen MR) is 122 cm³/mol. The molecule has 1 aliphatic heterocycles. The fourth-order valence-electron chi connectivity index (χ4n) is 3.78. The standard InChI is InChI=1S/C24H21ClN2O3S/c25-21-8-6-18(7-9-21)23-14-27(12-16-2-1-3-17(10-16)15-31(29)30)13-20-5-4-19(24(26)28)11-22(20)23/h1-11,14H,12-13,15H2,(H2,26,28)(H,29,30)/p-1. The van der Waals surface area contributed by atoms with Crippen molar-refractivity contribution < 1.29 is 13.6 Å². The molecule has 7 heteroatoms. The molecule has 0 aromatic heterocycles. The topological polar surface area (TPSA) is 86.5 Å². The SMILES string of the molecule is NC(=O)c1ccc2c(c1)C(c1ccc(Cl)cc1)=CN(Cc1cccc(CS(=O)[O-])c1)C2. The molecule has 1 aliphatic rings. The Morgan fingerprint density at radius 3 is 2.52 bits per heavy atom. The van der Waals surface area contributed by atoms with Gasteiger partial charge in [0.25, 0.3) is 0 Å². The average Bonchev–Trinajstić information content (AvgIpc) is 2.73. The third-order valence-corrected chi connectivity index (χ3v) is 6.01. The highest BCUT2D eigenvalue weighted by atomic mass is 35.5. The summed E-state index contributed by atoms with van der Waals surface area (Å²) in [5.74, 6) is -0.466. The zero-order chi connectivity index (χ0) is 22.0. The molecule has 2 N–H and O–H groups in total. The smallest absolute Gasteiger partial charge is 0.248 e. The van der Waals surface area contributed by atoms with Crippen molar-refractivity contribution in [3.8, 4) is 0 Å². The fraction of sp³-hybridized carbons (Fsp3) is 0.125. The Bertz CT molecular complexity index is 1190. The number of hydrogen-bond acceptors (Lipinski definition) is 4. The van der Waals surface area contributed by atoms with Crippen LogP contribution < -0.4 is 5.73 Å². The van der Waals surface area contributed by atoms with Crippen LogP contribution in [0.5, 0.6) is 0 Å². The summed E-state index contributed by atoms with van der Waals surface area (Å²) in [6.07, 6.45) is 2.06. The summed E-state index contributed by atoms with van der Waals surface area (Å²) in [4.78, 5) is 13.9. The second-order valence-electron chi connectivity index (χ2n) is 7.46. The zero-order valence-electron chi connectivity index (χ0n) is 16.6. The highest BCUT2D eigenvalue weighted by molar-refractivity contribution is 7.78. The number of primary amides is 1. The summed E-state index contributed by atoms with van der Waals surface area (Å²) in [6.45, 7) is 1.27. The third kappa shape index (κ3) is 5.05. The van der Waals surface area contributed by atoms with Crippen LogP contribution in [0.4, 0.5) is 0 Å². The van der Waals surface area contributed by atoms with Gasteiger partial charge in [0.15, 0.2) is 0 Å². The molecule has 1 heterocycles. The molecule has 31 heavy (non-hydrogen) atoms. The summed E-state index contributed by atoms with van der Waals surface area (Å²) >= 11 is 3.95. The molecule has 5 nitrogen and oxygen atoms in total. The van der Waals surface area contributed by atoms with Crippen LogP contribution in [0.15, 0.2) is 72.9 Å². The Morgan fingerprint density at radius 1 is 1.06 bits per heavy atom. The van der Waals surface area contributed by atoms with Crippen LogP contribution in [0.3, 0.4) is 0 Å². The number of hydrogen-bond donors (Lipinski definition) is 1. The number of nitrogens with zero attached hydrogens (tertiary/aromatic N) is 1. The number of carbonyl (C=O) groups excluding carboxylic acids is 1. The first-order valence-corrected chi connectivity index (χ1v) is 11.3. The highest BCUT2D eigenvalue weighted by Gasteiger charge is 2.20. The van der Waals surface area contributed by atoms with Crippen LogP contribution >= 0.6 is 11.6 Å². The summed E-state index contributed by atoms with van der Waals surface area (Å²) < 4.78 is 22.1. The zero-order valence-corrected chi connectivity index (χ0v) is 18.2. The lowest BCUT2D eigenvalue weighted by Gasteiger charge is -2.30. The summed E-state index contributed by atoms with van der Waals surface area (Å²) in [7, 11) is 0. The predicted octanol–water partition coefficient (Wildman–Crippen LogP) is 4.22. The van der Waals surface area contributed by atoms with Gasteiger partial charge in [0, 0.05) is 41.2 Å². The number of carbonyl (C=O) groups is 1. The van der Waals surface area contributed by atoms with E-state index in [1.807, 2.05) is 60.7 Å². The first-order chi connectivity index (χ1) is 14.9. The molecule has 0 radical (unpaired) electrons. The Hall–Kier alpha value is -2.93. The van der Waals surface area contributed by atoms with Gasteiger partial charge >= 0.3 is 0 Å². The molecule has 1 atom stereocenters. The van der Waals surface area contributed by atoms with Crippen LogP contribution in [0.25, 0.3) is 5.57 Å². The second kappa shape index (κ2) is 9.06. The van der Waals surface area contributed by atoms with Gasteiger partial charge < -0.3 is 15.2 Å². The summed E-state index contributed by atoms with van der Waals surface area (Å²) in [5, 5.41) is 0.649. The van der Waals surface area contributed by atoms with Crippen molar-refractivity contribution in [3.05, 3.63) is 111 Å². The van der Waals surface area contributed by atoms with Crippen molar-refractivity contribution >= 4 is 34.2 Å². The van der Waals surface area contributed by atoms with Gasteiger partial charge in [-0.15, -0.1) is 0 Å². The second-order valence-corrected chi connectivity index (χ2v) is 8.79. The number of amides is 1. The molecule has 0 fully saturated rings. The van der Waals surface area contributed by atoms with Gasteiger partial charge in [-0.2, -0.15) is 0 Å². The minimum atomic E-state index is -2.12. The first kappa shape index (κ1) is 21.3. The van der Waals surface area contributed by atoms with E-state index in [0.717, 1.165) is 33.4 Å². The molecule has 3 aromatic carbocycles. The van der Waals surface area contributed by atoms with Crippen LogP contribution in [0.1, 0.15) is 38.2 Å². The van der Waals surface area contributed by atoms with Gasteiger partial charge in [-0.05, 0) is 52.1 Å². The van der Waals surface area contributed by atoms with Gasteiger partial charge in [-0.1, -0.05) is 65.1 Å². The Balaban J connectivity index is 1.71. The molecular formula is C24H20ClN2O3S-. The summed E-state index contributed by atoms with van der Waals surface area (Å²) in [5.41, 5.74) is 11.7. The monoisotopic (exact) mass is 451 g/mol. The minimum Gasteiger partial charge on any atom is -0.772 e. The lowest BCUT2D eigenvalue weighted by Crippen LogP contribution is -2.22. The molecule has 0 saturated carbocycles. The van der Waals surface area contributed by atoms with E-state index in [9.17, 15) is 13.6 Å². The molecule has 0 saturated heterocycles. The van der Waals surface area contributed by atoms with Crippen molar-refractivity contribution in [2.45, 2.75) is 18.8 Å². The van der Waals surface area contributed by atoms with E-state index in [0.29, 0.717) is 23.7 Å². The van der Waals surface area contributed by atoms with Crippen LogP contribution in [0.2, 0.25) is 5.02 Å². The molecule has 3 aromatic rings. The van der Waals surface area contributed by atoms with Crippen LogP contribution in [-0.2, 0) is 29.9 Å². The Labute approximate surface area is 188 Å². The van der Waals surface area contributed by atoms with E-state index < -0.39 is 17.0 Å². The Morgan fingerprint density at radius 2 is 1.81 bits per heavy atom. The van der Waals surface area contributed by atoms with Gasteiger partial charge in [0.05, 0.1) is 0 Å². The maximum Gasteiger partial charge on any atom is 0.248 e. The maximum absolute atomic E-state index is 11.7. The van der Waals surface area contributed by atoms with E-state index in [1.54, 1.807) is 6.07 Å². The molecule has 0 bridgehead atoms. The van der Waals surface area contributed by atoms with E-state index in [-0.39, 0.29) is 5.75 Å². The van der Waals surface area contributed by atoms with Crippen molar-refractivity contribution in [1.82, 2.24) is 4.90 Å². The highest BCUT2D eigenvalue weighted by Crippen LogP contribution is 2.34. The molecule has 0 aliphatic carbocycles. The lowest BCUT2D eigenvalue weighted by molar-refractivity contribution is 0.1000. The molecular weight excluding hydrogens is 432 g/mol. The third-order valence-electron chi connectivity index (χ3n) is 5.19. The van der Waals surface area contributed by atoms with E-state index in [1.165, 1.54) is 0 Å². The fourth-order valence-corrected chi connectivity index (χ4v) is 4.36. The van der Waals surface area contributed by atoms with Gasteiger partial charge in [0.1, 0.15) is 0 Å². The van der Waals surface area contributed by atoms with E-state index >= 15 is 0 Å². The average molecular weight is 452 g/mol. The van der Waals surface area contributed by atoms with Crippen LogP contribution in [-0.4, -0.2) is 19.6 Å². The van der Waals surface area contributed by atoms with Crippen molar-refractivity contribution in [2.24, 2.45) is 5.73 Å². The van der Waals surface area contributed by atoms with E-state index in [4.69, 9.17) is 17.3 Å². The van der Waals surface area contributed by atoms with E-state index in [2.05, 4.69) is 11.1 Å². The normalized spacial score (nSPS) is 14.0. The number of halogens is 1. The first-order valence-electron chi connectivity index (χ1n) is 9.67. The summed E-state index contributed by atoms with van der Waals surface area (Å²) in [6, 6.07) is 20.7. The molecule has 158 valence electrons. The van der Waals surface area contributed by atoms with Crippen LogP contribution in [0, 0.1) is 0 Å². The van der Waals surface area contributed by atoms with Crippen molar-refractivity contribution in [3.63, 3.8) is 0 Å². The van der Waals surface area contributed by atoms with Gasteiger partial charge in [0.2, 0.25) is 5.91 Å². The molecule has 1 amide bonds. The molecule has 4 rings (SSSR count). The number of nitrogens with two attached hydrogens (primary N) is 1. The minimum absolute atomic E-state index is 0.00156. The maximum atomic E-state index is 11.7. The number of rotatable bonds is 6. The van der Waals surface area contributed by atoms with Crippen molar-refractivity contribution in [1.29, 1.82) is 0 Å². The largest absolute Gasteiger partial charge is 0.772 e. The molecule has 0 spiro atoms. The quantitative estimate of drug-likeness (QED) is 0.568. The lowest BCUT2D eigenvalue weighted by atomic mass is 9.90. The van der Waals surface area contributed by atoms with Gasteiger partial charge in [-0.25, -0.2) is 0 Å². The van der Waals surface area contributed by atoms with Crippen molar-refractivity contribution in [2.75, 3.05) is 0 Å². The number of fused-ring (bicyclic) bond motifs is 1. The Kier molecular flexibility index (Phi) is 6.23. The number of benzene rings is 3. The van der Waals surface area contributed by atoms with Gasteiger partial charge in [-0.3, -0.25) is 9.00 Å². The molecule has 1 unspecified atom stereocenters.